The van der Waals surface area contributed by atoms with E-state index in [1.54, 1.807) is 0 Å². The lowest BCUT2D eigenvalue weighted by molar-refractivity contribution is 0.0523. The Morgan fingerprint density at radius 3 is 2.46 bits per heavy atom. The highest BCUT2D eigenvalue weighted by Crippen LogP contribution is 2.35. The highest BCUT2D eigenvalue weighted by atomic mass is 79.9. The molecule has 1 N–H and O–H groups in total. The van der Waals surface area contributed by atoms with Crippen molar-refractivity contribution in [1.82, 2.24) is 5.32 Å². The molecule has 4 nitrogen and oxygen atoms in total. The molecular formula is C19H29BrN2O2. The third kappa shape index (κ3) is 5.69. The van der Waals surface area contributed by atoms with E-state index in [2.05, 4.69) is 58.2 Å². The minimum Gasteiger partial charge on any atom is -0.444 e. The number of nitrogens with one attached hydrogen (secondary N) is 1. The highest BCUT2D eigenvalue weighted by Gasteiger charge is 2.26. The fourth-order valence-corrected chi connectivity index (χ4v) is 3.44. The van der Waals surface area contributed by atoms with Crippen molar-refractivity contribution in [2.45, 2.75) is 59.6 Å². The van der Waals surface area contributed by atoms with Gasteiger partial charge in [0.1, 0.15) is 5.60 Å². The number of carbonyl (C=O) groups excluding carboxylic acids is 1. The van der Waals surface area contributed by atoms with Gasteiger partial charge in [-0.2, -0.15) is 0 Å². The first-order valence-electron chi connectivity index (χ1n) is 8.56. The molecule has 134 valence electrons. The molecule has 0 spiro atoms. The van der Waals surface area contributed by atoms with E-state index in [4.69, 9.17) is 4.74 Å². The summed E-state index contributed by atoms with van der Waals surface area (Å²) in [5, 5.41) is 2.80. The lowest BCUT2D eigenvalue weighted by Crippen LogP contribution is -2.37. The smallest absolute Gasteiger partial charge is 0.407 e. The summed E-state index contributed by atoms with van der Waals surface area (Å²) < 4.78 is 6.33. The van der Waals surface area contributed by atoms with Gasteiger partial charge >= 0.3 is 6.09 Å². The van der Waals surface area contributed by atoms with Crippen molar-refractivity contribution in [2.24, 2.45) is 5.41 Å². The average molecular weight is 397 g/mol. The maximum Gasteiger partial charge on any atom is 0.407 e. The Kier molecular flexibility index (Phi) is 5.84. The molecule has 0 atom stereocenters. The van der Waals surface area contributed by atoms with E-state index in [-0.39, 0.29) is 6.09 Å². The van der Waals surface area contributed by atoms with Crippen molar-refractivity contribution in [3.8, 4) is 0 Å². The maximum atomic E-state index is 11.7. The Morgan fingerprint density at radius 1 is 1.29 bits per heavy atom. The number of hydrogen-bond acceptors (Lipinski definition) is 3. The number of amides is 1. The molecule has 0 aliphatic carbocycles. The second kappa shape index (κ2) is 7.34. The topological polar surface area (TPSA) is 41.6 Å². The number of halogens is 1. The number of rotatable bonds is 3. The van der Waals surface area contributed by atoms with Crippen molar-refractivity contribution in [1.29, 1.82) is 0 Å². The van der Waals surface area contributed by atoms with E-state index in [9.17, 15) is 4.79 Å². The molecule has 1 aromatic rings. The van der Waals surface area contributed by atoms with Crippen LogP contribution in [0.3, 0.4) is 0 Å². The Bertz CT molecular complexity index is 584. The van der Waals surface area contributed by atoms with Crippen LogP contribution in [-0.2, 0) is 11.3 Å². The van der Waals surface area contributed by atoms with Crippen LogP contribution in [0.5, 0.6) is 0 Å². The molecule has 1 saturated heterocycles. The van der Waals surface area contributed by atoms with Crippen molar-refractivity contribution in [2.75, 3.05) is 18.0 Å². The van der Waals surface area contributed by atoms with Gasteiger partial charge in [-0.05, 0) is 72.7 Å². The highest BCUT2D eigenvalue weighted by molar-refractivity contribution is 9.10. The Balaban J connectivity index is 1.94. The molecule has 1 aliphatic heterocycles. The van der Waals surface area contributed by atoms with Gasteiger partial charge in [0.05, 0.1) is 5.69 Å². The van der Waals surface area contributed by atoms with E-state index in [1.165, 1.54) is 18.5 Å². The zero-order valence-electron chi connectivity index (χ0n) is 15.4. The van der Waals surface area contributed by atoms with Gasteiger partial charge in [-0.15, -0.1) is 0 Å². The fourth-order valence-electron chi connectivity index (χ4n) is 2.76. The van der Waals surface area contributed by atoms with E-state index < -0.39 is 5.60 Å². The number of alkyl carbamates (subject to hydrolysis) is 1. The number of nitrogens with zero attached hydrogens (tertiary/aromatic N) is 1. The fraction of sp³-hybridized carbons (Fsp3) is 0.632. The number of anilines is 1. The minimum atomic E-state index is -0.476. The molecule has 5 heteroatoms. The monoisotopic (exact) mass is 396 g/mol. The molecule has 24 heavy (non-hydrogen) atoms. The standard InChI is InChI=1S/C19H29BrN2O2/c1-18(2,3)24-17(23)21-13-14-6-7-16(15(20)12-14)22-10-8-19(4,5)9-11-22/h6-7,12H,8-11,13H2,1-5H3,(H,21,23). The molecule has 0 bridgehead atoms. The van der Waals surface area contributed by atoms with Crippen LogP contribution in [0.25, 0.3) is 0 Å². The zero-order valence-corrected chi connectivity index (χ0v) is 17.0. The molecule has 1 aliphatic rings. The number of piperidine rings is 1. The molecule has 1 aromatic carbocycles. The number of carbonyl (C=O) groups is 1. The van der Waals surface area contributed by atoms with Gasteiger partial charge < -0.3 is 15.0 Å². The first-order valence-corrected chi connectivity index (χ1v) is 9.35. The summed E-state index contributed by atoms with van der Waals surface area (Å²) in [5.74, 6) is 0. The van der Waals surface area contributed by atoms with Crippen LogP contribution in [0.15, 0.2) is 22.7 Å². The summed E-state index contributed by atoms with van der Waals surface area (Å²) in [4.78, 5) is 14.2. The second-order valence-electron chi connectivity index (χ2n) is 8.29. The van der Waals surface area contributed by atoms with Gasteiger partial charge in [0.15, 0.2) is 0 Å². The summed E-state index contributed by atoms with van der Waals surface area (Å²) in [6.07, 6.45) is 2.03. The lowest BCUT2D eigenvalue weighted by atomic mass is 9.82. The van der Waals surface area contributed by atoms with E-state index in [1.807, 2.05) is 20.8 Å². The van der Waals surface area contributed by atoms with Gasteiger partial charge in [-0.25, -0.2) is 4.79 Å². The molecular weight excluding hydrogens is 368 g/mol. The molecule has 0 aromatic heterocycles. The van der Waals surface area contributed by atoms with Gasteiger partial charge in [0, 0.05) is 24.1 Å². The van der Waals surface area contributed by atoms with Gasteiger partial charge in [0.25, 0.3) is 0 Å². The van der Waals surface area contributed by atoms with E-state index in [0.717, 1.165) is 23.1 Å². The summed E-state index contributed by atoms with van der Waals surface area (Å²) in [5.41, 5.74) is 2.25. The molecule has 0 radical (unpaired) electrons. The molecule has 2 rings (SSSR count). The first kappa shape index (κ1) is 19.1. The summed E-state index contributed by atoms with van der Waals surface area (Å²) in [7, 11) is 0. The quantitative estimate of drug-likeness (QED) is 0.772. The van der Waals surface area contributed by atoms with Crippen LogP contribution in [-0.4, -0.2) is 24.8 Å². The molecule has 1 heterocycles. The van der Waals surface area contributed by atoms with Crippen molar-refractivity contribution < 1.29 is 9.53 Å². The van der Waals surface area contributed by atoms with Crippen LogP contribution < -0.4 is 10.2 Å². The molecule has 0 unspecified atom stereocenters. The number of hydrogen-bond donors (Lipinski definition) is 1. The largest absolute Gasteiger partial charge is 0.444 e. The van der Waals surface area contributed by atoms with Gasteiger partial charge in [-0.1, -0.05) is 19.9 Å². The van der Waals surface area contributed by atoms with Gasteiger partial charge in [-0.3, -0.25) is 0 Å². The summed E-state index contributed by atoms with van der Waals surface area (Å²) in [6.45, 7) is 12.9. The second-order valence-corrected chi connectivity index (χ2v) is 9.15. The SMILES string of the molecule is CC1(C)CCN(c2ccc(CNC(=O)OC(C)(C)C)cc2Br)CC1. The van der Waals surface area contributed by atoms with Crippen LogP contribution in [0.1, 0.15) is 53.0 Å². The summed E-state index contributed by atoms with van der Waals surface area (Å²) >= 11 is 3.68. The minimum absolute atomic E-state index is 0.388. The van der Waals surface area contributed by atoms with Gasteiger partial charge in [0.2, 0.25) is 0 Å². The Hall–Kier alpha value is -1.23. The first-order chi connectivity index (χ1) is 11.1. The van der Waals surface area contributed by atoms with E-state index >= 15 is 0 Å². The number of ether oxygens (including phenoxy) is 1. The number of benzene rings is 1. The van der Waals surface area contributed by atoms with Crippen LogP contribution in [0, 0.1) is 5.41 Å². The van der Waals surface area contributed by atoms with E-state index in [0.29, 0.717) is 12.0 Å². The molecule has 1 fully saturated rings. The maximum absolute atomic E-state index is 11.7. The zero-order chi connectivity index (χ0) is 18.0. The van der Waals surface area contributed by atoms with Crippen molar-refractivity contribution in [3.63, 3.8) is 0 Å². The molecule has 0 saturated carbocycles. The predicted octanol–water partition coefficient (Wildman–Crippen LogP) is 5.10. The van der Waals surface area contributed by atoms with Crippen LogP contribution >= 0.6 is 15.9 Å². The third-order valence-electron chi connectivity index (χ3n) is 4.31. The van der Waals surface area contributed by atoms with Crippen molar-refractivity contribution >= 4 is 27.7 Å². The molecule has 1 amide bonds. The predicted molar refractivity (Wildman–Crippen MR) is 102 cm³/mol. The van der Waals surface area contributed by atoms with Crippen LogP contribution in [0.2, 0.25) is 0 Å². The Labute approximate surface area is 154 Å². The third-order valence-corrected chi connectivity index (χ3v) is 4.94. The van der Waals surface area contributed by atoms with Crippen LogP contribution in [0.4, 0.5) is 10.5 Å². The summed E-state index contributed by atoms with van der Waals surface area (Å²) in [6, 6.07) is 6.28. The Morgan fingerprint density at radius 2 is 1.92 bits per heavy atom. The normalized spacial score (nSPS) is 17.5. The lowest BCUT2D eigenvalue weighted by Gasteiger charge is -2.38. The average Bonchev–Trinajstić information content (AvgIpc) is 2.44. The van der Waals surface area contributed by atoms with Crippen molar-refractivity contribution in [3.05, 3.63) is 28.2 Å².